The number of fused-ring (bicyclic) bond motifs is 7. The molecule has 0 radical (unpaired) electrons. The quantitative estimate of drug-likeness (QED) is 0.171. The van der Waals surface area contributed by atoms with Crippen LogP contribution in [0.4, 0.5) is 0 Å². The van der Waals surface area contributed by atoms with Crippen LogP contribution in [0.1, 0.15) is 0 Å². The summed E-state index contributed by atoms with van der Waals surface area (Å²) in [6.07, 6.45) is 0. The van der Waals surface area contributed by atoms with Crippen LogP contribution in [0.25, 0.3) is 104 Å². The third-order valence-corrected chi connectivity index (χ3v) is 11.9. The highest BCUT2D eigenvalue weighted by molar-refractivity contribution is 7.27. The van der Waals surface area contributed by atoms with Gasteiger partial charge in [-0.15, -0.1) is 11.3 Å². The molecule has 0 bridgehead atoms. The van der Waals surface area contributed by atoms with E-state index >= 15 is 0 Å². The standard InChI is InChI=1S/C51H32N4S/c1-5-16-33(17-6-1)36-30-37(34-18-7-2-8-19-34)32-38(31-36)50-52-49(35-20-9-3-10-21-35)53-51(54-50)44-26-15-25-42-43-29-28-41-40-24-13-14-27-45(40)55(39-22-11-4-12-23-39)46(41)48(43)56-47(42)44/h1-32H. The van der Waals surface area contributed by atoms with Gasteiger partial charge in [0.05, 0.1) is 15.7 Å². The second-order valence-electron chi connectivity index (χ2n) is 14.0. The summed E-state index contributed by atoms with van der Waals surface area (Å²) < 4.78 is 4.81. The van der Waals surface area contributed by atoms with Crippen LogP contribution in [-0.4, -0.2) is 19.5 Å². The van der Waals surface area contributed by atoms with Gasteiger partial charge < -0.3 is 4.57 Å². The van der Waals surface area contributed by atoms with Gasteiger partial charge in [0.15, 0.2) is 17.5 Å². The van der Waals surface area contributed by atoms with Gasteiger partial charge in [0.2, 0.25) is 0 Å². The van der Waals surface area contributed by atoms with Crippen LogP contribution in [0.2, 0.25) is 0 Å². The number of aromatic nitrogens is 4. The zero-order valence-electron chi connectivity index (χ0n) is 30.2. The smallest absolute Gasteiger partial charge is 0.165 e. The largest absolute Gasteiger partial charge is 0.308 e. The van der Waals surface area contributed by atoms with E-state index in [1.165, 1.54) is 37.3 Å². The first-order chi connectivity index (χ1) is 27.8. The number of hydrogen-bond donors (Lipinski definition) is 0. The Balaban J connectivity index is 1.17. The SMILES string of the molecule is c1ccc(-c2cc(-c3ccccc3)cc(-c3nc(-c4ccccc4)nc(-c4cccc5c4sc4c5ccc5c6ccccc6n(-c6ccccc6)c54)n3)c2)cc1. The average Bonchev–Trinajstić information content (AvgIpc) is 3.84. The van der Waals surface area contributed by atoms with Gasteiger partial charge in [0, 0.05) is 48.6 Å². The average molecular weight is 733 g/mol. The predicted octanol–water partition coefficient (Wildman–Crippen LogP) is 13.7. The summed E-state index contributed by atoms with van der Waals surface area (Å²) in [7, 11) is 0. The zero-order valence-corrected chi connectivity index (χ0v) is 31.0. The summed E-state index contributed by atoms with van der Waals surface area (Å²) in [5, 5.41) is 4.90. The molecule has 0 saturated heterocycles. The Morgan fingerprint density at radius 3 is 1.52 bits per heavy atom. The number of nitrogens with zero attached hydrogens (tertiary/aromatic N) is 4. The van der Waals surface area contributed by atoms with Crippen molar-refractivity contribution >= 4 is 53.3 Å². The minimum Gasteiger partial charge on any atom is -0.308 e. The molecule has 11 rings (SSSR count). The first-order valence-corrected chi connectivity index (χ1v) is 19.6. The Kier molecular flexibility index (Phi) is 7.64. The number of rotatable bonds is 6. The molecular formula is C51H32N4S. The zero-order chi connectivity index (χ0) is 37.0. The predicted molar refractivity (Wildman–Crippen MR) is 234 cm³/mol. The van der Waals surface area contributed by atoms with Crippen molar-refractivity contribution in [1.82, 2.24) is 19.5 Å². The van der Waals surface area contributed by atoms with Crippen LogP contribution in [0.3, 0.4) is 0 Å². The van der Waals surface area contributed by atoms with E-state index in [4.69, 9.17) is 15.0 Å². The number of thiophene rings is 1. The first kappa shape index (κ1) is 32.2. The van der Waals surface area contributed by atoms with E-state index in [9.17, 15) is 0 Å². The molecule has 3 aromatic heterocycles. The molecule has 0 saturated carbocycles. The Labute approximate surface area is 327 Å². The lowest BCUT2D eigenvalue weighted by Gasteiger charge is -2.12. The molecule has 0 unspecified atom stereocenters. The van der Waals surface area contributed by atoms with Crippen molar-refractivity contribution in [2.45, 2.75) is 0 Å². The molecular weight excluding hydrogens is 701 g/mol. The molecule has 0 aliphatic heterocycles. The molecule has 11 aromatic rings. The maximum Gasteiger partial charge on any atom is 0.165 e. The molecule has 8 aromatic carbocycles. The summed E-state index contributed by atoms with van der Waals surface area (Å²) in [6.45, 7) is 0. The first-order valence-electron chi connectivity index (χ1n) is 18.8. The Morgan fingerprint density at radius 1 is 0.339 bits per heavy atom. The van der Waals surface area contributed by atoms with Crippen LogP contribution in [0.5, 0.6) is 0 Å². The van der Waals surface area contributed by atoms with E-state index in [1.807, 2.05) is 29.5 Å². The maximum atomic E-state index is 5.33. The molecule has 0 fully saturated rings. The molecule has 0 aliphatic rings. The topological polar surface area (TPSA) is 43.6 Å². The second kappa shape index (κ2) is 13.3. The lowest BCUT2D eigenvalue weighted by atomic mass is 9.96. The van der Waals surface area contributed by atoms with E-state index < -0.39 is 0 Å². The fraction of sp³-hybridized carbons (Fsp3) is 0. The summed E-state index contributed by atoms with van der Waals surface area (Å²) in [5.74, 6) is 1.92. The highest BCUT2D eigenvalue weighted by atomic mass is 32.1. The third kappa shape index (κ3) is 5.40. The molecule has 5 heteroatoms. The lowest BCUT2D eigenvalue weighted by molar-refractivity contribution is 1.08. The van der Waals surface area contributed by atoms with Gasteiger partial charge in [-0.2, -0.15) is 0 Å². The highest BCUT2D eigenvalue weighted by Gasteiger charge is 2.21. The highest BCUT2D eigenvalue weighted by Crippen LogP contribution is 2.45. The Morgan fingerprint density at radius 2 is 0.839 bits per heavy atom. The van der Waals surface area contributed by atoms with Gasteiger partial charge in [-0.25, -0.2) is 15.0 Å². The van der Waals surface area contributed by atoms with Crippen LogP contribution in [0, 0.1) is 0 Å². The van der Waals surface area contributed by atoms with Crippen LogP contribution >= 0.6 is 11.3 Å². The third-order valence-electron chi connectivity index (χ3n) is 10.6. The number of benzene rings is 8. The summed E-state index contributed by atoms with van der Waals surface area (Å²) in [5.41, 5.74) is 10.9. The minimum atomic E-state index is 0.633. The molecule has 0 spiro atoms. The van der Waals surface area contributed by atoms with Crippen molar-refractivity contribution in [2.75, 3.05) is 0 Å². The van der Waals surface area contributed by atoms with Crippen molar-refractivity contribution in [3.8, 4) is 62.1 Å². The summed E-state index contributed by atoms with van der Waals surface area (Å²) in [6, 6.07) is 68.4. The molecule has 56 heavy (non-hydrogen) atoms. The van der Waals surface area contributed by atoms with Crippen molar-refractivity contribution in [3.05, 3.63) is 194 Å². The summed E-state index contributed by atoms with van der Waals surface area (Å²) in [4.78, 5) is 15.7. The van der Waals surface area contributed by atoms with Crippen molar-refractivity contribution in [3.63, 3.8) is 0 Å². The molecule has 4 nitrogen and oxygen atoms in total. The van der Waals surface area contributed by atoms with E-state index in [0.29, 0.717) is 17.5 Å². The fourth-order valence-corrected chi connectivity index (χ4v) is 9.37. The van der Waals surface area contributed by atoms with E-state index in [2.05, 4.69) is 180 Å². The molecule has 0 aliphatic carbocycles. The number of para-hydroxylation sites is 2. The molecule has 0 atom stereocenters. The maximum absolute atomic E-state index is 5.33. The van der Waals surface area contributed by atoms with Crippen molar-refractivity contribution < 1.29 is 0 Å². The molecule has 3 heterocycles. The Hall–Kier alpha value is -7.21. The molecule has 0 amide bonds. The van der Waals surface area contributed by atoms with Gasteiger partial charge in [0.1, 0.15) is 0 Å². The fourth-order valence-electron chi connectivity index (χ4n) is 8.02. The van der Waals surface area contributed by atoms with Gasteiger partial charge in [0.25, 0.3) is 0 Å². The van der Waals surface area contributed by atoms with Gasteiger partial charge in [-0.05, 0) is 64.7 Å². The van der Waals surface area contributed by atoms with Gasteiger partial charge >= 0.3 is 0 Å². The van der Waals surface area contributed by atoms with Crippen LogP contribution in [0.15, 0.2) is 194 Å². The van der Waals surface area contributed by atoms with Gasteiger partial charge in [-0.3, -0.25) is 0 Å². The molecule has 262 valence electrons. The van der Waals surface area contributed by atoms with Crippen LogP contribution < -0.4 is 0 Å². The molecule has 0 N–H and O–H groups in total. The van der Waals surface area contributed by atoms with Gasteiger partial charge in [-0.1, -0.05) is 152 Å². The Bertz CT molecular complexity index is 3170. The monoisotopic (exact) mass is 732 g/mol. The summed E-state index contributed by atoms with van der Waals surface area (Å²) >= 11 is 1.82. The lowest BCUT2D eigenvalue weighted by Crippen LogP contribution is -2.00. The van der Waals surface area contributed by atoms with Crippen LogP contribution in [-0.2, 0) is 0 Å². The van der Waals surface area contributed by atoms with E-state index in [1.54, 1.807) is 0 Å². The van der Waals surface area contributed by atoms with E-state index in [-0.39, 0.29) is 0 Å². The van der Waals surface area contributed by atoms with Crippen molar-refractivity contribution in [2.24, 2.45) is 0 Å². The van der Waals surface area contributed by atoms with E-state index in [0.717, 1.165) is 49.3 Å². The van der Waals surface area contributed by atoms with Crippen molar-refractivity contribution in [1.29, 1.82) is 0 Å². The number of hydrogen-bond acceptors (Lipinski definition) is 4. The normalized spacial score (nSPS) is 11.6. The second-order valence-corrected chi connectivity index (χ2v) is 15.0. The minimum absolute atomic E-state index is 0.633.